The van der Waals surface area contributed by atoms with Crippen LogP contribution in [0, 0.1) is 6.92 Å². The van der Waals surface area contributed by atoms with Gasteiger partial charge in [0.2, 0.25) is 5.78 Å². The number of fused-ring (bicyclic) bond motifs is 1. The molecule has 2 rings (SSSR count). The largest absolute Gasteiger partial charge is 0.482 e. The third-order valence-electron chi connectivity index (χ3n) is 2.96. The van der Waals surface area contributed by atoms with E-state index in [4.69, 9.17) is 9.47 Å². The number of hydrogen-bond donors (Lipinski definition) is 0. The van der Waals surface area contributed by atoms with Crippen LogP contribution in [0.5, 0.6) is 11.5 Å². The Morgan fingerprint density at radius 2 is 2.00 bits per heavy atom. The molecule has 0 spiro atoms. The van der Waals surface area contributed by atoms with Gasteiger partial charge in [-0.05, 0) is 38.0 Å². The van der Waals surface area contributed by atoms with E-state index in [-0.39, 0.29) is 12.4 Å². The van der Waals surface area contributed by atoms with Crippen molar-refractivity contribution >= 4 is 11.8 Å². The lowest BCUT2D eigenvalue weighted by molar-refractivity contribution is -0.142. The zero-order chi connectivity index (χ0) is 14.9. The number of methoxy groups -OCH3 is 1. The first-order valence-corrected chi connectivity index (χ1v) is 6.18. The maximum atomic E-state index is 12.2. The highest BCUT2D eigenvalue weighted by Crippen LogP contribution is 2.37. The zero-order valence-corrected chi connectivity index (χ0v) is 11.9. The molecule has 0 amide bonds. The molecule has 0 aliphatic carbocycles. The van der Waals surface area contributed by atoms with Gasteiger partial charge in [0.15, 0.2) is 12.4 Å². The van der Waals surface area contributed by atoms with Crippen molar-refractivity contribution in [3.8, 4) is 11.5 Å². The fraction of sp³-hybridized carbons (Fsp3) is 0.333. The van der Waals surface area contributed by atoms with E-state index in [0.29, 0.717) is 22.8 Å². The summed E-state index contributed by atoms with van der Waals surface area (Å²) < 4.78 is 15.4. The Labute approximate surface area is 117 Å². The molecule has 0 aromatic heterocycles. The highest BCUT2D eigenvalue weighted by Gasteiger charge is 2.30. The summed E-state index contributed by atoms with van der Waals surface area (Å²) >= 11 is 0. The number of ketones is 1. The molecule has 106 valence electrons. The molecule has 5 nitrogen and oxygen atoms in total. The molecule has 5 heteroatoms. The second-order valence-electron chi connectivity index (χ2n) is 4.74. The number of carbonyl (C=O) groups excluding carboxylic acids is 2. The monoisotopic (exact) mass is 276 g/mol. The first-order valence-electron chi connectivity index (χ1n) is 6.18. The maximum Gasteiger partial charge on any atom is 0.343 e. The van der Waals surface area contributed by atoms with Crippen molar-refractivity contribution in [3.63, 3.8) is 0 Å². The standard InChI is InChI=1S/C15H16O5/c1-8(2)15-14(17)13-9(3)5-10(6-11(13)20-15)19-7-12(16)18-4/h5-6H,7H2,1-4H3. The quantitative estimate of drug-likeness (QED) is 0.626. The summed E-state index contributed by atoms with van der Waals surface area (Å²) in [5, 5.41) is 0. The number of ether oxygens (including phenoxy) is 3. The number of hydrogen-bond acceptors (Lipinski definition) is 5. The molecular weight excluding hydrogens is 260 g/mol. The van der Waals surface area contributed by atoms with E-state index >= 15 is 0 Å². The van der Waals surface area contributed by atoms with E-state index in [2.05, 4.69) is 4.74 Å². The van der Waals surface area contributed by atoms with Crippen molar-refractivity contribution in [2.24, 2.45) is 0 Å². The minimum Gasteiger partial charge on any atom is -0.482 e. The second kappa shape index (κ2) is 5.36. The van der Waals surface area contributed by atoms with E-state index in [1.165, 1.54) is 7.11 Å². The molecule has 1 aromatic carbocycles. The molecule has 1 aliphatic heterocycles. The summed E-state index contributed by atoms with van der Waals surface area (Å²) in [6.45, 7) is 5.27. The van der Waals surface area contributed by atoms with Crippen LogP contribution in [0.1, 0.15) is 29.8 Å². The molecule has 0 saturated carbocycles. The van der Waals surface area contributed by atoms with Crippen molar-refractivity contribution in [3.05, 3.63) is 34.6 Å². The van der Waals surface area contributed by atoms with E-state index in [9.17, 15) is 9.59 Å². The number of carbonyl (C=O) groups is 2. The lowest BCUT2D eigenvalue weighted by atomic mass is 10.0. The lowest BCUT2D eigenvalue weighted by Gasteiger charge is -2.08. The average Bonchev–Trinajstić information content (AvgIpc) is 2.73. The van der Waals surface area contributed by atoms with Crippen LogP contribution in [0.3, 0.4) is 0 Å². The predicted octanol–water partition coefficient (Wildman–Crippen LogP) is 2.42. The second-order valence-corrected chi connectivity index (χ2v) is 4.74. The maximum absolute atomic E-state index is 12.2. The Bertz CT molecular complexity index is 609. The number of rotatable bonds is 3. The summed E-state index contributed by atoms with van der Waals surface area (Å²) in [7, 11) is 1.29. The molecule has 0 radical (unpaired) electrons. The smallest absolute Gasteiger partial charge is 0.343 e. The molecule has 1 aromatic rings. The van der Waals surface area contributed by atoms with Crippen molar-refractivity contribution < 1.29 is 23.8 Å². The topological polar surface area (TPSA) is 61.8 Å². The number of benzene rings is 1. The average molecular weight is 276 g/mol. The van der Waals surface area contributed by atoms with Gasteiger partial charge in [-0.15, -0.1) is 0 Å². The van der Waals surface area contributed by atoms with E-state index < -0.39 is 5.97 Å². The van der Waals surface area contributed by atoms with Crippen LogP contribution in [0.15, 0.2) is 23.5 Å². The van der Waals surface area contributed by atoms with Crippen LogP contribution in [0.25, 0.3) is 0 Å². The summed E-state index contributed by atoms with van der Waals surface area (Å²) in [6, 6.07) is 3.32. The first kappa shape index (κ1) is 14.1. The van der Waals surface area contributed by atoms with Crippen molar-refractivity contribution in [2.45, 2.75) is 20.8 Å². The lowest BCUT2D eigenvalue weighted by Crippen LogP contribution is -2.12. The Morgan fingerprint density at radius 1 is 1.30 bits per heavy atom. The van der Waals surface area contributed by atoms with Crippen LogP contribution < -0.4 is 9.47 Å². The Kier molecular flexibility index (Phi) is 3.79. The molecule has 0 bridgehead atoms. The molecule has 0 unspecified atom stereocenters. The van der Waals surface area contributed by atoms with E-state index in [0.717, 1.165) is 11.1 Å². The van der Waals surface area contributed by atoms with Gasteiger partial charge in [0, 0.05) is 6.07 Å². The summed E-state index contributed by atoms with van der Waals surface area (Å²) in [4.78, 5) is 23.2. The molecule has 0 N–H and O–H groups in total. The van der Waals surface area contributed by atoms with Crippen molar-refractivity contribution in [1.29, 1.82) is 0 Å². The van der Waals surface area contributed by atoms with E-state index in [1.807, 2.05) is 13.8 Å². The van der Waals surface area contributed by atoms with Gasteiger partial charge in [-0.3, -0.25) is 4.79 Å². The summed E-state index contributed by atoms with van der Waals surface area (Å²) in [5.74, 6) is 0.705. The fourth-order valence-electron chi connectivity index (χ4n) is 1.98. The van der Waals surface area contributed by atoms with Crippen molar-refractivity contribution in [2.75, 3.05) is 13.7 Å². The zero-order valence-electron chi connectivity index (χ0n) is 11.9. The number of aryl methyl sites for hydroxylation is 1. The van der Waals surface area contributed by atoms with Crippen LogP contribution in [0.2, 0.25) is 0 Å². The van der Waals surface area contributed by atoms with Gasteiger partial charge in [-0.1, -0.05) is 0 Å². The van der Waals surface area contributed by atoms with Crippen molar-refractivity contribution in [1.82, 2.24) is 0 Å². The predicted molar refractivity (Wildman–Crippen MR) is 72.0 cm³/mol. The molecule has 20 heavy (non-hydrogen) atoms. The van der Waals surface area contributed by atoms with Gasteiger partial charge in [0.05, 0.1) is 12.7 Å². The molecular formula is C15H16O5. The molecule has 1 aliphatic rings. The van der Waals surface area contributed by atoms with Gasteiger partial charge in [0.1, 0.15) is 11.5 Å². The van der Waals surface area contributed by atoms with Crippen LogP contribution in [-0.4, -0.2) is 25.5 Å². The Hall–Kier alpha value is -2.30. The summed E-state index contributed by atoms with van der Waals surface area (Å²) in [6.07, 6.45) is 0. The normalized spacial score (nSPS) is 12.8. The summed E-state index contributed by atoms with van der Waals surface area (Å²) in [5.41, 5.74) is 2.12. The molecule has 0 atom stereocenters. The minimum atomic E-state index is -0.467. The third-order valence-corrected chi connectivity index (χ3v) is 2.96. The first-order chi connectivity index (χ1) is 9.43. The van der Waals surface area contributed by atoms with Crippen LogP contribution in [-0.2, 0) is 9.53 Å². The molecule has 1 heterocycles. The number of Topliss-reactive ketones (excluding diaryl/α,β-unsaturated/α-hetero) is 1. The number of allylic oxidation sites excluding steroid dienone is 2. The van der Waals surface area contributed by atoms with Gasteiger partial charge in [-0.25, -0.2) is 4.79 Å². The van der Waals surface area contributed by atoms with Gasteiger partial charge in [-0.2, -0.15) is 0 Å². The minimum absolute atomic E-state index is 0.114. The van der Waals surface area contributed by atoms with Gasteiger partial charge in [0.25, 0.3) is 0 Å². The SMILES string of the molecule is COC(=O)COc1cc(C)c2c(c1)OC(=C(C)C)C2=O. The third kappa shape index (κ3) is 2.52. The van der Waals surface area contributed by atoms with Gasteiger partial charge < -0.3 is 14.2 Å². The number of esters is 1. The fourth-order valence-corrected chi connectivity index (χ4v) is 1.98. The van der Waals surface area contributed by atoms with Gasteiger partial charge >= 0.3 is 5.97 Å². The van der Waals surface area contributed by atoms with E-state index in [1.54, 1.807) is 19.1 Å². The highest BCUT2D eigenvalue weighted by molar-refractivity contribution is 6.13. The molecule has 0 fully saturated rings. The Morgan fingerprint density at radius 3 is 2.60 bits per heavy atom. The molecule has 0 saturated heterocycles. The Balaban J connectivity index is 2.30. The van der Waals surface area contributed by atoms with Crippen LogP contribution >= 0.6 is 0 Å². The highest BCUT2D eigenvalue weighted by atomic mass is 16.6. The van der Waals surface area contributed by atoms with Crippen LogP contribution in [0.4, 0.5) is 0 Å².